The number of halogens is 3. The van der Waals surface area contributed by atoms with E-state index in [1.165, 1.54) is 11.8 Å². The van der Waals surface area contributed by atoms with Crippen LogP contribution in [-0.2, 0) is 11.2 Å². The molecule has 2 aromatic rings. The maximum atomic E-state index is 13.2. The van der Waals surface area contributed by atoms with E-state index in [4.69, 9.17) is 5.11 Å². The number of carbonyl (C=O) groups excluding carboxylic acids is 1. The molecule has 0 aromatic carbocycles. The Morgan fingerprint density at radius 3 is 2.41 bits per heavy atom. The molecule has 150 valence electrons. The monoisotopic (exact) mass is 481 g/mol. The van der Waals surface area contributed by atoms with E-state index in [2.05, 4.69) is 21.2 Å². The molecule has 0 saturated heterocycles. The number of carbonyl (C=O) groups is 1. The van der Waals surface area contributed by atoms with E-state index in [1.54, 1.807) is 22.7 Å². The molecule has 9 heteroatoms. The molecule has 2 atom stereocenters. The first-order valence-electron chi connectivity index (χ1n) is 8.36. The summed E-state index contributed by atoms with van der Waals surface area (Å²) in [4.78, 5) is 15.5. The van der Waals surface area contributed by atoms with Gasteiger partial charge in [-0.3, -0.25) is 4.79 Å². The van der Waals surface area contributed by atoms with Crippen molar-refractivity contribution in [1.82, 2.24) is 5.32 Å². The van der Waals surface area contributed by atoms with Gasteiger partial charge in [0.1, 0.15) is 17.7 Å². The van der Waals surface area contributed by atoms with E-state index in [9.17, 15) is 18.7 Å². The highest BCUT2D eigenvalue weighted by Gasteiger charge is 2.54. The number of nitrogens with one attached hydrogen (secondary N) is 1. The Hall–Kier alpha value is -0.710. The number of aryl methyl sites for hydroxylation is 1. The highest BCUT2D eigenvalue weighted by atomic mass is 79.9. The summed E-state index contributed by atoms with van der Waals surface area (Å²) in [6, 6.07) is 8.12. The lowest BCUT2D eigenvalue weighted by Gasteiger charge is -2.41. The van der Waals surface area contributed by atoms with Crippen LogP contribution in [0.2, 0.25) is 0 Å². The molecule has 27 heavy (non-hydrogen) atoms. The molecule has 0 aliphatic heterocycles. The van der Waals surface area contributed by atoms with Gasteiger partial charge in [0.25, 0.3) is 6.43 Å². The molecule has 2 aromatic heterocycles. The van der Waals surface area contributed by atoms with Crippen molar-refractivity contribution in [2.45, 2.75) is 44.3 Å². The summed E-state index contributed by atoms with van der Waals surface area (Å²) in [6.45, 7) is 1.44. The lowest BCUT2D eigenvalue weighted by molar-refractivity contribution is -0.160. The zero-order chi connectivity index (χ0) is 20.2. The SMILES string of the molecule is CC(NCCCc1ccc(-c2ccc(Br)s2)s1)(C(=O)CO)C(C)(O)C(F)F. The summed E-state index contributed by atoms with van der Waals surface area (Å²) in [5, 5.41) is 22.0. The number of thiophene rings is 2. The van der Waals surface area contributed by atoms with Gasteiger partial charge in [-0.05, 0) is 73.4 Å². The summed E-state index contributed by atoms with van der Waals surface area (Å²) in [5.41, 5.74) is -4.52. The van der Waals surface area contributed by atoms with Crippen LogP contribution in [0.25, 0.3) is 9.75 Å². The van der Waals surface area contributed by atoms with E-state index < -0.39 is 30.0 Å². The second-order valence-corrected chi connectivity index (χ2v) is 10.2. The van der Waals surface area contributed by atoms with Gasteiger partial charge in [-0.25, -0.2) is 8.78 Å². The predicted molar refractivity (Wildman–Crippen MR) is 109 cm³/mol. The molecule has 2 heterocycles. The fourth-order valence-electron chi connectivity index (χ4n) is 2.63. The molecule has 0 fully saturated rings. The highest BCUT2D eigenvalue weighted by molar-refractivity contribution is 9.11. The van der Waals surface area contributed by atoms with Crippen LogP contribution in [0.15, 0.2) is 28.1 Å². The summed E-state index contributed by atoms with van der Waals surface area (Å²) >= 11 is 6.76. The molecular weight excluding hydrogens is 460 g/mol. The molecule has 0 aliphatic carbocycles. The van der Waals surface area contributed by atoms with Gasteiger partial charge in [-0.2, -0.15) is 0 Å². The molecule has 0 bridgehead atoms. The van der Waals surface area contributed by atoms with Crippen molar-refractivity contribution in [3.05, 3.63) is 32.9 Å². The molecule has 0 amide bonds. The Kier molecular flexibility index (Phi) is 7.69. The average Bonchev–Trinajstić information content (AvgIpc) is 3.26. The van der Waals surface area contributed by atoms with Crippen molar-refractivity contribution in [3.8, 4) is 9.75 Å². The van der Waals surface area contributed by atoms with Gasteiger partial charge < -0.3 is 15.5 Å². The minimum atomic E-state index is -3.13. The second kappa shape index (κ2) is 9.19. The number of Topliss-reactive ketones (excluding diaryl/α,β-unsaturated/α-hetero) is 1. The molecule has 0 aliphatic rings. The minimum absolute atomic E-state index is 0.253. The third-order valence-corrected chi connectivity index (χ3v) is 7.66. The minimum Gasteiger partial charge on any atom is -0.389 e. The van der Waals surface area contributed by atoms with Crippen LogP contribution in [0, 0.1) is 0 Å². The largest absolute Gasteiger partial charge is 0.389 e. The van der Waals surface area contributed by atoms with Gasteiger partial charge in [0.15, 0.2) is 5.78 Å². The van der Waals surface area contributed by atoms with Crippen molar-refractivity contribution in [1.29, 1.82) is 0 Å². The Morgan fingerprint density at radius 1 is 1.22 bits per heavy atom. The molecule has 0 radical (unpaired) electrons. The van der Waals surface area contributed by atoms with Crippen molar-refractivity contribution in [2.24, 2.45) is 0 Å². The standard InChI is InChI=1S/C18H22BrF2NO3S2/c1-17(14(24)10-23,18(2,25)16(20)21)22-9-3-4-11-5-6-12(26-11)13-7-8-15(19)27-13/h5-8,16,22-23,25H,3-4,9-10H2,1-2H3. The van der Waals surface area contributed by atoms with Crippen molar-refractivity contribution < 1.29 is 23.8 Å². The van der Waals surface area contributed by atoms with Crippen molar-refractivity contribution >= 4 is 44.4 Å². The maximum Gasteiger partial charge on any atom is 0.268 e. The summed E-state index contributed by atoms with van der Waals surface area (Å²) in [6.07, 6.45) is -1.82. The molecule has 2 unspecified atom stereocenters. The summed E-state index contributed by atoms with van der Waals surface area (Å²) in [5.74, 6) is -0.866. The third-order valence-electron chi connectivity index (χ3n) is 4.69. The maximum absolute atomic E-state index is 13.2. The summed E-state index contributed by atoms with van der Waals surface area (Å²) in [7, 11) is 0. The fraction of sp³-hybridized carbons (Fsp3) is 0.500. The van der Waals surface area contributed by atoms with Gasteiger partial charge in [-0.1, -0.05) is 0 Å². The fourth-order valence-corrected chi connectivity index (χ4v) is 5.15. The first kappa shape index (κ1) is 22.6. The topological polar surface area (TPSA) is 69.6 Å². The Labute approximate surface area is 173 Å². The van der Waals surface area contributed by atoms with Crippen LogP contribution in [0.1, 0.15) is 25.1 Å². The number of alkyl halides is 2. The van der Waals surface area contributed by atoms with Gasteiger partial charge in [0.05, 0.1) is 3.79 Å². The smallest absolute Gasteiger partial charge is 0.268 e. The predicted octanol–water partition coefficient (Wildman–Crippen LogP) is 4.10. The van der Waals surface area contributed by atoms with Crippen LogP contribution >= 0.6 is 38.6 Å². The normalized spacial score (nSPS) is 16.3. The number of hydrogen-bond donors (Lipinski definition) is 3. The Bertz CT molecular complexity index is 778. The van der Waals surface area contributed by atoms with Crippen molar-refractivity contribution in [2.75, 3.05) is 13.2 Å². The number of hydrogen-bond acceptors (Lipinski definition) is 6. The number of ketones is 1. The first-order valence-corrected chi connectivity index (χ1v) is 10.8. The molecule has 2 rings (SSSR count). The molecule has 0 spiro atoms. The average molecular weight is 482 g/mol. The van der Waals surface area contributed by atoms with E-state index in [0.29, 0.717) is 12.8 Å². The number of rotatable bonds is 10. The van der Waals surface area contributed by atoms with Gasteiger partial charge in [0, 0.05) is 14.6 Å². The van der Waals surface area contributed by atoms with Crippen LogP contribution < -0.4 is 5.32 Å². The highest BCUT2D eigenvalue weighted by Crippen LogP contribution is 2.36. The lowest BCUT2D eigenvalue weighted by atomic mass is 9.79. The third kappa shape index (κ3) is 5.02. The molecular formula is C18H22BrF2NO3S2. The lowest BCUT2D eigenvalue weighted by Crippen LogP contribution is -2.68. The van der Waals surface area contributed by atoms with Crippen LogP contribution in [-0.4, -0.2) is 46.7 Å². The van der Waals surface area contributed by atoms with Crippen LogP contribution in [0.3, 0.4) is 0 Å². The van der Waals surface area contributed by atoms with E-state index in [-0.39, 0.29) is 6.54 Å². The second-order valence-electron chi connectivity index (χ2n) is 6.55. The number of aliphatic hydroxyl groups is 2. The molecule has 0 saturated carbocycles. The van der Waals surface area contributed by atoms with E-state index in [0.717, 1.165) is 20.5 Å². The Morgan fingerprint density at radius 2 is 1.85 bits per heavy atom. The zero-order valence-electron chi connectivity index (χ0n) is 15.0. The number of aliphatic hydroxyl groups excluding tert-OH is 1. The van der Waals surface area contributed by atoms with Gasteiger partial charge in [-0.15, -0.1) is 22.7 Å². The van der Waals surface area contributed by atoms with E-state index in [1.807, 2.05) is 24.3 Å². The summed E-state index contributed by atoms with van der Waals surface area (Å²) < 4.78 is 27.5. The van der Waals surface area contributed by atoms with E-state index >= 15 is 0 Å². The van der Waals surface area contributed by atoms with Gasteiger partial charge >= 0.3 is 0 Å². The van der Waals surface area contributed by atoms with Crippen LogP contribution in [0.4, 0.5) is 8.78 Å². The van der Waals surface area contributed by atoms with Gasteiger partial charge in [0.2, 0.25) is 0 Å². The zero-order valence-corrected chi connectivity index (χ0v) is 18.2. The van der Waals surface area contributed by atoms with Crippen molar-refractivity contribution in [3.63, 3.8) is 0 Å². The van der Waals surface area contributed by atoms with Crippen LogP contribution in [0.5, 0.6) is 0 Å². The molecule has 4 nitrogen and oxygen atoms in total. The first-order chi connectivity index (χ1) is 12.6. The molecule has 3 N–H and O–H groups in total. The Balaban J connectivity index is 1.96. The quantitative estimate of drug-likeness (QED) is 0.446.